The van der Waals surface area contributed by atoms with Crippen LogP contribution in [0.1, 0.15) is 59.2 Å². The Morgan fingerprint density at radius 2 is 1.86 bits per heavy atom. The van der Waals surface area contributed by atoms with Crippen LogP contribution in [0.5, 0.6) is 5.75 Å². The molecule has 3 nitrogen and oxygen atoms in total. The molecule has 1 fully saturated rings. The molecule has 1 unspecified atom stereocenters. The highest BCUT2D eigenvalue weighted by Crippen LogP contribution is 2.40. The first-order valence-corrected chi connectivity index (χ1v) is 7.11. The average Bonchev–Trinajstić information content (AvgIpc) is 2.53. The van der Waals surface area contributed by atoms with Gasteiger partial charge in [0.2, 0.25) is 0 Å². The highest BCUT2D eigenvalue weighted by atomic mass is 16.5. The van der Waals surface area contributed by atoms with Gasteiger partial charge in [0.1, 0.15) is 5.75 Å². The highest BCUT2D eigenvalue weighted by Gasteiger charge is 2.38. The summed E-state index contributed by atoms with van der Waals surface area (Å²) in [4.78, 5) is 0.543. The van der Waals surface area contributed by atoms with Gasteiger partial charge in [-0.3, -0.25) is 0 Å². The molecule has 0 saturated heterocycles. The maximum Gasteiger partial charge on any atom is 0.118 e. The number of hydrogen-bond acceptors (Lipinski definition) is 3. The van der Waals surface area contributed by atoms with Crippen molar-refractivity contribution in [1.82, 2.24) is 4.90 Å². The van der Waals surface area contributed by atoms with E-state index in [-0.39, 0.29) is 14.0 Å². The number of methoxy groups -OCH3 is 1. The van der Waals surface area contributed by atoms with E-state index in [1.807, 2.05) is 0 Å². The largest absolute Gasteiger partial charge is 0.497 e. The zero-order valence-corrected chi connectivity index (χ0v) is 11.9. The van der Waals surface area contributed by atoms with E-state index in [9.17, 15) is 5.11 Å². The van der Waals surface area contributed by atoms with E-state index in [0.29, 0.717) is 29.1 Å². The summed E-state index contributed by atoms with van der Waals surface area (Å²) in [7, 11) is 1.55. The molecule has 0 radical (unpaired) electrons. The Morgan fingerprint density at radius 3 is 2.38 bits per heavy atom. The van der Waals surface area contributed by atoms with E-state index in [1.54, 1.807) is 31.4 Å². The number of nitrogens with zero attached hydrogens (tertiary/aromatic N) is 1. The number of aliphatic hydroxyl groups is 1. The van der Waals surface area contributed by atoms with Crippen LogP contribution >= 0.6 is 0 Å². The van der Waals surface area contributed by atoms with Crippen LogP contribution in [0.25, 0.3) is 0 Å². The maximum atomic E-state index is 11.3. The minimum atomic E-state index is -2.78. The molecule has 0 aromatic heterocycles. The van der Waals surface area contributed by atoms with Gasteiger partial charge in [-0.15, -0.1) is 0 Å². The predicted octanol–water partition coefficient (Wildman–Crippen LogP) is 3.67. The van der Waals surface area contributed by atoms with Crippen molar-refractivity contribution in [3.8, 4) is 5.75 Å². The van der Waals surface area contributed by atoms with Crippen LogP contribution in [-0.4, -0.2) is 43.2 Å². The highest BCUT2D eigenvalue weighted by molar-refractivity contribution is 5.31. The molecular weight excluding hydrogens is 262 g/mol. The van der Waals surface area contributed by atoms with Crippen molar-refractivity contribution in [2.24, 2.45) is 0 Å². The second kappa shape index (κ2) is 7.81. The molecule has 1 aromatic rings. The molecule has 3 heteroatoms. The van der Waals surface area contributed by atoms with Crippen molar-refractivity contribution in [2.75, 3.05) is 27.6 Å². The lowest BCUT2D eigenvalue weighted by Gasteiger charge is -2.40. The average molecular weight is 299 g/mol. The monoisotopic (exact) mass is 299 g/mol. The van der Waals surface area contributed by atoms with Crippen molar-refractivity contribution in [1.29, 1.82) is 0 Å². The van der Waals surface area contributed by atoms with Crippen molar-refractivity contribution in [3.05, 3.63) is 29.8 Å². The lowest BCUT2D eigenvalue weighted by atomic mass is 9.72. The summed E-state index contributed by atoms with van der Waals surface area (Å²) in [6, 6.07) is 7.02. The van der Waals surface area contributed by atoms with Gasteiger partial charge in [0.05, 0.1) is 12.7 Å². The summed E-state index contributed by atoms with van der Waals surface area (Å²) in [5, 5.41) is 11.3. The molecule has 1 N–H and O–H groups in total. The molecule has 1 aliphatic rings. The predicted molar refractivity (Wildman–Crippen MR) is 89.1 cm³/mol. The number of benzene rings is 1. The molecule has 0 amide bonds. The third-order valence-electron chi connectivity index (χ3n) is 4.25. The first kappa shape index (κ1) is 10.6. The van der Waals surface area contributed by atoms with E-state index in [4.69, 9.17) is 13.0 Å². The SMILES string of the molecule is C.[2H]C([2H])([2H])N(CC(c1ccc(OC)cc1)C1(O)CCCCC1)C([2H])([2H])[2H]. The first-order valence-electron chi connectivity index (χ1n) is 10.1. The smallest absolute Gasteiger partial charge is 0.118 e. The molecule has 1 saturated carbocycles. The fraction of sp³-hybridized carbons (Fsp3) is 0.667. The lowest BCUT2D eigenvalue weighted by Crippen LogP contribution is -2.42. The molecule has 21 heavy (non-hydrogen) atoms. The Morgan fingerprint density at radius 1 is 1.24 bits per heavy atom. The second-order valence-corrected chi connectivity index (χ2v) is 5.60. The molecule has 120 valence electrons. The van der Waals surface area contributed by atoms with Gasteiger partial charge in [0.15, 0.2) is 0 Å². The van der Waals surface area contributed by atoms with Crippen molar-refractivity contribution in [2.45, 2.75) is 51.0 Å². The Kier molecular flexibility index (Phi) is 3.95. The fourth-order valence-corrected chi connectivity index (χ4v) is 3.12. The molecule has 0 spiro atoms. The van der Waals surface area contributed by atoms with Gasteiger partial charge in [-0.25, -0.2) is 0 Å². The zero-order valence-electron chi connectivity index (χ0n) is 17.9. The molecule has 0 aliphatic heterocycles. The van der Waals surface area contributed by atoms with Gasteiger partial charge in [0, 0.05) is 20.7 Å². The molecule has 1 aromatic carbocycles. The minimum absolute atomic E-state index is 0. The molecular formula is C18H31NO2. The van der Waals surface area contributed by atoms with E-state index >= 15 is 0 Å². The Labute approximate surface area is 138 Å². The van der Waals surface area contributed by atoms with Crippen molar-refractivity contribution >= 4 is 0 Å². The van der Waals surface area contributed by atoms with Crippen molar-refractivity contribution < 1.29 is 18.1 Å². The second-order valence-electron chi connectivity index (χ2n) is 5.60. The van der Waals surface area contributed by atoms with Crippen LogP contribution in [0.4, 0.5) is 0 Å². The Balaban J connectivity index is 0.00000364. The molecule has 1 atom stereocenters. The van der Waals surface area contributed by atoms with E-state index in [1.165, 1.54) is 0 Å². The lowest BCUT2D eigenvalue weighted by molar-refractivity contribution is -0.0277. The van der Waals surface area contributed by atoms with Gasteiger partial charge in [-0.1, -0.05) is 38.8 Å². The number of likely N-dealkylation sites (N-methyl/N-ethyl adjacent to an activating group) is 1. The molecule has 0 heterocycles. The Bertz CT molecular complexity index is 565. The maximum absolute atomic E-state index is 11.3. The molecule has 2 rings (SSSR count). The third-order valence-corrected chi connectivity index (χ3v) is 4.25. The first-order chi connectivity index (χ1) is 12.0. The molecule has 1 aliphatic carbocycles. The van der Waals surface area contributed by atoms with Gasteiger partial charge in [-0.2, -0.15) is 0 Å². The summed E-state index contributed by atoms with van der Waals surface area (Å²) in [5.74, 6) is 0.0289. The van der Waals surface area contributed by atoms with Crippen LogP contribution in [0.15, 0.2) is 24.3 Å². The van der Waals surface area contributed by atoms with Crippen LogP contribution in [-0.2, 0) is 0 Å². The standard InChI is InChI=1S/C17H27NO2.CH4/c1-18(2)13-16(17(19)11-5-4-6-12-17)14-7-9-15(20-3)10-8-14;/h7-10,16,19H,4-6,11-13H2,1-3H3;1H4/i1D3,2D3;. The topological polar surface area (TPSA) is 32.7 Å². The van der Waals surface area contributed by atoms with Gasteiger partial charge in [-0.05, 0) is 44.5 Å². The Hall–Kier alpha value is -1.06. The van der Waals surface area contributed by atoms with E-state index in [2.05, 4.69) is 0 Å². The number of hydrogen-bond donors (Lipinski definition) is 1. The van der Waals surface area contributed by atoms with E-state index < -0.39 is 25.5 Å². The normalized spacial score (nSPS) is 24.3. The minimum Gasteiger partial charge on any atom is -0.497 e. The van der Waals surface area contributed by atoms with Crippen LogP contribution in [0.2, 0.25) is 0 Å². The number of rotatable bonds is 5. The van der Waals surface area contributed by atoms with Gasteiger partial charge >= 0.3 is 0 Å². The number of ether oxygens (including phenoxy) is 1. The van der Waals surface area contributed by atoms with Gasteiger partial charge in [0.25, 0.3) is 0 Å². The summed E-state index contributed by atoms with van der Waals surface area (Å²) in [6.07, 6.45) is 3.74. The quantitative estimate of drug-likeness (QED) is 0.900. The summed E-state index contributed by atoms with van der Waals surface area (Å²) in [6.45, 7) is -5.82. The summed E-state index contributed by atoms with van der Waals surface area (Å²) >= 11 is 0. The van der Waals surface area contributed by atoms with E-state index in [0.717, 1.165) is 19.3 Å². The van der Waals surface area contributed by atoms with Crippen LogP contribution < -0.4 is 4.74 Å². The summed E-state index contributed by atoms with van der Waals surface area (Å²) in [5.41, 5.74) is -0.407. The fourth-order valence-electron chi connectivity index (χ4n) is 3.12. The zero-order chi connectivity index (χ0) is 19.6. The van der Waals surface area contributed by atoms with Crippen LogP contribution in [0.3, 0.4) is 0 Å². The van der Waals surface area contributed by atoms with Crippen molar-refractivity contribution in [3.63, 3.8) is 0 Å². The van der Waals surface area contributed by atoms with Crippen LogP contribution in [0, 0.1) is 0 Å². The molecule has 0 bridgehead atoms. The third kappa shape index (κ3) is 4.45. The summed E-state index contributed by atoms with van der Waals surface area (Å²) < 4.78 is 51.0. The van der Waals surface area contributed by atoms with Gasteiger partial charge < -0.3 is 14.7 Å².